The van der Waals surface area contributed by atoms with Crippen LogP contribution in [0, 0.1) is 0 Å². The maximum absolute atomic E-state index is 4.23. The second-order valence-electron chi connectivity index (χ2n) is 4.18. The van der Waals surface area contributed by atoms with Crippen LogP contribution < -0.4 is 5.32 Å². The Morgan fingerprint density at radius 3 is 2.94 bits per heavy atom. The fourth-order valence-electron chi connectivity index (χ4n) is 2.04. The molecular formula is C12H19N3S. The summed E-state index contributed by atoms with van der Waals surface area (Å²) in [7, 11) is 0. The van der Waals surface area contributed by atoms with Crippen LogP contribution in [0.25, 0.3) is 0 Å². The van der Waals surface area contributed by atoms with E-state index in [2.05, 4.69) is 15.3 Å². The normalized spacial score (nSPS) is 16.8. The number of hydrogen-bond donors (Lipinski definition) is 1. The van der Waals surface area contributed by atoms with Crippen molar-refractivity contribution in [2.45, 2.75) is 43.2 Å². The van der Waals surface area contributed by atoms with Crippen molar-refractivity contribution in [1.29, 1.82) is 0 Å². The minimum absolute atomic E-state index is 0.793. The third-order valence-corrected chi connectivity index (χ3v) is 3.90. The number of aromatic nitrogens is 2. The van der Waals surface area contributed by atoms with Crippen molar-refractivity contribution in [3.8, 4) is 0 Å². The van der Waals surface area contributed by atoms with Gasteiger partial charge in [0.15, 0.2) is 0 Å². The second kappa shape index (κ2) is 6.86. The number of nitrogens with one attached hydrogen (secondary N) is 1. The van der Waals surface area contributed by atoms with Crippen molar-refractivity contribution < 1.29 is 0 Å². The number of hydrogen-bond acceptors (Lipinski definition) is 4. The molecule has 1 aliphatic rings. The first-order chi connectivity index (χ1) is 7.95. The molecule has 88 valence electrons. The van der Waals surface area contributed by atoms with Gasteiger partial charge in [0.05, 0.1) is 6.20 Å². The molecule has 1 saturated carbocycles. The lowest BCUT2D eigenvalue weighted by Crippen LogP contribution is -2.27. The predicted octanol–water partition coefficient (Wildman–Crippen LogP) is 2.49. The maximum Gasteiger partial charge on any atom is 0.114 e. The highest BCUT2D eigenvalue weighted by Gasteiger charge is 2.12. The van der Waals surface area contributed by atoms with Crippen LogP contribution >= 0.6 is 11.8 Å². The van der Waals surface area contributed by atoms with Crippen molar-refractivity contribution in [2.24, 2.45) is 0 Å². The van der Waals surface area contributed by atoms with E-state index in [-0.39, 0.29) is 0 Å². The van der Waals surface area contributed by atoms with Gasteiger partial charge in [-0.05, 0) is 25.8 Å². The molecule has 3 nitrogen and oxygen atoms in total. The minimum Gasteiger partial charge on any atom is -0.314 e. The fourth-order valence-corrected chi connectivity index (χ4v) is 2.81. The van der Waals surface area contributed by atoms with E-state index in [1.165, 1.54) is 32.1 Å². The molecule has 1 heterocycles. The highest BCUT2D eigenvalue weighted by Crippen LogP contribution is 2.18. The Hall–Kier alpha value is -0.610. The highest BCUT2D eigenvalue weighted by atomic mass is 32.2. The molecule has 1 aromatic heterocycles. The third-order valence-electron chi connectivity index (χ3n) is 2.90. The van der Waals surface area contributed by atoms with Gasteiger partial charge in [-0.25, -0.2) is 4.98 Å². The summed E-state index contributed by atoms with van der Waals surface area (Å²) in [5.74, 6) is 1.12. The van der Waals surface area contributed by atoms with E-state index >= 15 is 0 Å². The average Bonchev–Trinajstić information content (AvgIpc) is 2.83. The zero-order valence-corrected chi connectivity index (χ0v) is 10.4. The number of nitrogens with zero attached hydrogens (tertiary/aromatic N) is 2. The zero-order valence-electron chi connectivity index (χ0n) is 9.56. The monoisotopic (exact) mass is 237 g/mol. The summed E-state index contributed by atoms with van der Waals surface area (Å²) >= 11 is 1.79. The first kappa shape index (κ1) is 11.9. The lowest BCUT2D eigenvalue weighted by atomic mass is 10.2. The lowest BCUT2D eigenvalue weighted by Gasteiger charge is -2.10. The molecule has 0 aromatic carbocycles. The van der Waals surface area contributed by atoms with Gasteiger partial charge in [-0.2, -0.15) is 0 Å². The summed E-state index contributed by atoms with van der Waals surface area (Å²) in [4.78, 5) is 8.28. The molecule has 1 aromatic rings. The minimum atomic E-state index is 0.793. The van der Waals surface area contributed by atoms with Crippen molar-refractivity contribution in [1.82, 2.24) is 15.3 Å². The first-order valence-corrected chi connectivity index (χ1v) is 7.06. The molecule has 1 fully saturated rings. The summed E-state index contributed by atoms with van der Waals surface area (Å²) < 4.78 is 0. The molecule has 0 aliphatic heterocycles. The molecule has 1 N–H and O–H groups in total. The predicted molar refractivity (Wildman–Crippen MR) is 67.6 cm³/mol. The topological polar surface area (TPSA) is 37.8 Å². The average molecular weight is 237 g/mol. The molecule has 0 bridgehead atoms. The first-order valence-electron chi connectivity index (χ1n) is 6.07. The van der Waals surface area contributed by atoms with Crippen LogP contribution in [-0.4, -0.2) is 28.3 Å². The van der Waals surface area contributed by atoms with Gasteiger partial charge in [-0.15, -0.1) is 11.8 Å². The van der Waals surface area contributed by atoms with E-state index in [9.17, 15) is 0 Å². The van der Waals surface area contributed by atoms with Crippen molar-refractivity contribution in [3.63, 3.8) is 0 Å². The van der Waals surface area contributed by atoms with E-state index in [1.807, 2.05) is 6.20 Å². The summed E-state index contributed by atoms with van der Waals surface area (Å²) in [6.45, 7) is 1.14. The molecule has 4 heteroatoms. The van der Waals surface area contributed by atoms with Crippen molar-refractivity contribution in [3.05, 3.63) is 18.6 Å². The van der Waals surface area contributed by atoms with Gasteiger partial charge in [0.2, 0.25) is 0 Å². The molecule has 1 aliphatic carbocycles. The summed E-state index contributed by atoms with van der Waals surface area (Å²) in [6, 6.07) is 0.793. The third kappa shape index (κ3) is 4.10. The second-order valence-corrected chi connectivity index (χ2v) is 5.30. The smallest absolute Gasteiger partial charge is 0.114 e. The molecular weight excluding hydrogens is 218 g/mol. The van der Waals surface area contributed by atoms with Gasteiger partial charge in [-0.1, -0.05) is 12.8 Å². The standard InChI is InChI=1S/C12H19N3S/c1-2-5-11(4-1)14-6-3-9-16-12-10-13-7-8-15-12/h7-8,10-11,14H,1-6,9H2. The maximum atomic E-state index is 4.23. The van der Waals surface area contributed by atoms with E-state index in [0.29, 0.717) is 0 Å². The largest absolute Gasteiger partial charge is 0.314 e. The zero-order chi connectivity index (χ0) is 11.1. The summed E-state index contributed by atoms with van der Waals surface area (Å²) in [6.07, 6.45) is 12.1. The van der Waals surface area contributed by atoms with E-state index in [1.54, 1.807) is 24.2 Å². The molecule has 0 atom stereocenters. The lowest BCUT2D eigenvalue weighted by molar-refractivity contribution is 0.524. The van der Waals surface area contributed by atoms with Crippen LogP contribution in [0.1, 0.15) is 32.1 Å². The van der Waals surface area contributed by atoms with E-state index in [4.69, 9.17) is 0 Å². The molecule has 2 rings (SSSR count). The Labute approximate surface area is 101 Å². The quantitative estimate of drug-likeness (QED) is 0.609. The van der Waals surface area contributed by atoms with Crippen LogP contribution in [0.5, 0.6) is 0 Å². The number of thioether (sulfide) groups is 1. The SMILES string of the molecule is c1cnc(SCCCNC2CCCC2)cn1. The van der Waals surface area contributed by atoms with Crippen molar-refractivity contribution in [2.75, 3.05) is 12.3 Å². The van der Waals surface area contributed by atoms with E-state index < -0.39 is 0 Å². The Kier molecular flexibility index (Phi) is 5.09. The van der Waals surface area contributed by atoms with Gasteiger partial charge in [-0.3, -0.25) is 4.98 Å². The summed E-state index contributed by atoms with van der Waals surface area (Å²) in [5.41, 5.74) is 0. The van der Waals surface area contributed by atoms with Crippen LogP contribution in [0.2, 0.25) is 0 Å². The van der Waals surface area contributed by atoms with Gasteiger partial charge >= 0.3 is 0 Å². The number of rotatable bonds is 6. The molecule has 0 unspecified atom stereocenters. The molecule has 0 saturated heterocycles. The van der Waals surface area contributed by atoms with Crippen LogP contribution in [0.3, 0.4) is 0 Å². The summed E-state index contributed by atoms with van der Waals surface area (Å²) in [5, 5.41) is 4.65. The molecule has 0 radical (unpaired) electrons. The molecule has 16 heavy (non-hydrogen) atoms. The van der Waals surface area contributed by atoms with Gasteiger partial charge < -0.3 is 5.32 Å². The van der Waals surface area contributed by atoms with Gasteiger partial charge in [0.1, 0.15) is 5.03 Å². The fraction of sp³-hybridized carbons (Fsp3) is 0.667. The Bertz CT molecular complexity index is 286. The Morgan fingerprint density at radius 1 is 1.31 bits per heavy atom. The van der Waals surface area contributed by atoms with Gasteiger partial charge in [0.25, 0.3) is 0 Å². The van der Waals surface area contributed by atoms with Crippen molar-refractivity contribution >= 4 is 11.8 Å². The van der Waals surface area contributed by atoms with Crippen LogP contribution in [-0.2, 0) is 0 Å². The van der Waals surface area contributed by atoms with Crippen LogP contribution in [0.15, 0.2) is 23.6 Å². The Balaban J connectivity index is 1.52. The Morgan fingerprint density at radius 2 is 2.19 bits per heavy atom. The molecule has 0 spiro atoms. The highest BCUT2D eigenvalue weighted by molar-refractivity contribution is 7.99. The van der Waals surface area contributed by atoms with E-state index in [0.717, 1.165) is 23.4 Å². The van der Waals surface area contributed by atoms with Gasteiger partial charge in [0, 0.05) is 24.2 Å². The van der Waals surface area contributed by atoms with Crippen LogP contribution in [0.4, 0.5) is 0 Å². The molecule has 0 amide bonds.